The van der Waals surface area contributed by atoms with Crippen molar-refractivity contribution in [1.29, 1.82) is 0 Å². The van der Waals surface area contributed by atoms with Crippen molar-refractivity contribution in [2.45, 2.75) is 32.1 Å². The summed E-state index contributed by atoms with van der Waals surface area (Å²) in [6.07, 6.45) is 0.870. The first-order chi connectivity index (χ1) is 16.1. The number of piperazine rings is 1. The lowest BCUT2D eigenvalue weighted by Crippen LogP contribution is -2.49. The number of aryl methyl sites for hydroxylation is 2. The quantitative estimate of drug-likeness (QED) is 0.410. The number of nitro benzene ring substituents is 1. The molecule has 1 amide bonds. The molecule has 2 aromatic rings. The van der Waals surface area contributed by atoms with Gasteiger partial charge in [-0.3, -0.25) is 24.5 Å². The Bertz CT molecular complexity index is 1160. The summed E-state index contributed by atoms with van der Waals surface area (Å²) in [5.74, 6) is -0.0350. The molecule has 2 N–H and O–H groups in total. The van der Waals surface area contributed by atoms with Gasteiger partial charge in [-0.25, -0.2) is 8.42 Å². The SMILES string of the molecule is CCCNC(=O)CN1CCN(c2ccc(S(=O)(=O)Nc3ccc(C)cc3C)cc2[N+](=O)[O-])CC1. The first kappa shape index (κ1) is 25.4. The minimum Gasteiger partial charge on any atom is -0.363 e. The van der Waals surface area contributed by atoms with Crippen LogP contribution in [0.3, 0.4) is 0 Å². The Kier molecular flexibility index (Phi) is 8.11. The molecular weight excluding hydrogens is 458 g/mol. The van der Waals surface area contributed by atoms with Gasteiger partial charge < -0.3 is 10.2 Å². The Balaban J connectivity index is 1.75. The summed E-state index contributed by atoms with van der Waals surface area (Å²) in [5, 5.41) is 14.6. The highest BCUT2D eigenvalue weighted by Gasteiger charge is 2.27. The normalized spacial score (nSPS) is 14.6. The lowest BCUT2D eigenvalue weighted by Gasteiger charge is -2.35. The topological polar surface area (TPSA) is 125 Å². The maximum atomic E-state index is 12.9. The predicted octanol–water partition coefficient (Wildman–Crippen LogP) is 2.66. The number of nitrogens with zero attached hydrogens (tertiary/aromatic N) is 3. The third-order valence-corrected chi connectivity index (χ3v) is 7.10. The van der Waals surface area contributed by atoms with Gasteiger partial charge in [0, 0.05) is 38.8 Å². The number of nitrogens with one attached hydrogen (secondary N) is 2. The monoisotopic (exact) mass is 489 g/mol. The summed E-state index contributed by atoms with van der Waals surface area (Å²) in [4.78, 5) is 26.9. The van der Waals surface area contributed by atoms with Crippen molar-refractivity contribution in [3.05, 3.63) is 57.6 Å². The van der Waals surface area contributed by atoms with Gasteiger partial charge in [-0.1, -0.05) is 24.6 Å². The summed E-state index contributed by atoms with van der Waals surface area (Å²) in [6, 6.07) is 9.30. The van der Waals surface area contributed by atoms with Gasteiger partial charge in [-0.15, -0.1) is 0 Å². The van der Waals surface area contributed by atoms with E-state index in [-0.39, 0.29) is 23.0 Å². The first-order valence-electron chi connectivity index (χ1n) is 11.2. The maximum absolute atomic E-state index is 12.9. The van der Waals surface area contributed by atoms with Crippen molar-refractivity contribution in [2.24, 2.45) is 0 Å². The Morgan fingerprint density at radius 2 is 1.79 bits per heavy atom. The zero-order valence-electron chi connectivity index (χ0n) is 19.7. The minimum absolute atomic E-state index is 0.0350. The fourth-order valence-electron chi connectivity index (χ4n) is 3.89. The maximum Gasteiger partial charge on any atom is 0.293 e. The summed E-state index contributed by atoms with van der Waals surface area (Å²) in [5.41, 5.74) is 2.29. The third-order valence-electron chi connectivity index (χ3n) is 5.73. The number of rotatable bonds is 9. The van der Waals surface area contributed by atoms with Crippen LogP contribution in [-0.4, -0.2) is 63.4 Å². The van der Waals surface area contributed by atoms with Crippen LogP contribution in [0.15, 0.2) is 41.3 Å². The van der Waals surface area contributed by atoms with Crippen LogP contribution in [0.1, 0.15) is 24.5 Å². The van der Waals surface area contributed by atoms with E-state index < -0.39 is 14.9 Å². The third kappa shape index (κ3) is 6.23. The van der Waals surface area contributed by atoms with E-state index in [1.54, 1.807) is 19.1 Å². The number of hydrogen-bond donors (Lipinski definition) is 2. The molecule has 0 radical (unpaired) electrons. The minimum atomic E-state index is -4.01. The number of sulfonamides is 1. The number of anilines is 2. The molecular formula is C23H31N5O5S. The van der Waals surface area contributed by atoms with Crippen molar-refractivity contribution >= 4 is 33.0 Å². The molecule has 1 fully saturated rings. The number of carbonyl (C=O) groups is 1. The van der Waals surface area contributed by atoms with Crippen LogP contribution < -0.4 is 14.9 Å². The van der Waals surface area contributed by atoms with E-state index in [0.29, 0.717) is 44.1 Å². The van der Waals surface area contributed by atoms with Gasteiger partial charge in [0.25, 0.3) is 15.7 Å². The molecule has 0 aromatic heterocycles. The molecule has 11 heteroatoms. The number of carbonyl (C=O) groups excluding carboxylic acids is 1. The van der Waals surface area contributed by atoms with Gasteiger partial charge in [0.1, 0.15) is 5.69 Å². The number of hydrogen-bond acceptors (Lipinski definition) is 7. The van der Waals surface area contributed by atoms with E-state index in [1.165, 1.54) is 12.1 Å². The van der Waals surface area contributed by atoms with Crippen molar-refractivity contribution in [3.8, 4) is 0 Å². The van der Waals surface area contributed by atoms with Crippen molar-refractivity contribution in [1.82, 2.24) is 10.2 Å². The Hall–Kier alpha value is -3.18. The molecule has 1 heterocycles. The van der Waals surface area contributed by atoms with Crippen molar-refractivity contribution < 1.29 is 18.1 Å². The Morgan fingerprint density at radius 1 is 1.09 bits per heavy atom. The zero-order chi connectivity index (χ0) is 24.9. The Labute approximate surface area is 200 Å². The average Bonchev–Trinajstić information content (AvgIpc) is 2.79. The second kappa shape index (κ2) is 10.8. The second-order valence-electron chi connectivity index (χ2n) is 8.44. The van der Waals surface area contributed by atoms with E-state index in [2.05, 4.69) is 10.0 Å². The van der Waals surface area contributed by atoms with Crippen LogP contribution in [0, 0.1) is 24.0 Å². The summed E-state index contributed by atoms with van der Waals surface area (Å²) in [7, 11) is -4.01. The molecule has 1 aliphatic heterocycles. The largest absolute Gasteiger partial charge is 0.363 e. The molecule has 184 valence electrons. The summed E-state index contributed by atoms with van der Waals surface area (Å²) >= 11 is 0. The summed E-state index contributed by atoms with van der Waals surface area (Å²) in [6.45, 7) is 8.76. The molecule has 0 saturated carbocycles. The van der Waals surface area contributed by atoms with Crippen molar-refractivity contribution in [3.63, 3.8) is 0 Å². The first-order valence-corrected chi connectivity index (χ1v) is 12.7. The van der Waals surface area contributed by atoms with Crippen LogP contribution in [0.2, 0.25) is 0 Å². The lowest BCUT2D eigenvalue weighted by molar-refractivity contribution is -0.384. The smallest absolute Gasteiger partial charge is 0.293 e. The molecule has 10 nitrogen and oxygen atoms in total. The van der Waals surface area contributed by atoms with Crippen LogP contribution >= 0.6 is 0 Å². The second-order valence-corrected chi connectivity index (χ2v) is 10.1. The fourth-order valence-corrected chi connectivity index (χ4v) is 5.04. The van der Waals surface area contributed by atoms with Gasteiger partial charge in [-0.2, -0.15) is 0 Å². The predicted molar refractivity (Wildman–Crippen MR) is 132 cm³/mol. The van der Waals surface area contributed by atoms with E-state index in [1.807, 2.05) is 29.7 Å². The van der Waals surface area contributed by atoms with Crippen LogP contribution in [0.25, 0.3) is 0 Å². The molecule has 0 unspecified atom stereocenters. The van der Waals surface area contributed by atoms with E-state index in [4.69, 9.17) is 0 Å². The van der Waals surface area contributed by atoms with Crippen LogP contribution in [-0.2, 0) is 14.8 Å². The van der Waals surface area contributed by atoms with Gasteiger partial charge in [0.2, 0.25) is 5.91 Å². The van der Waals surface area contributed by atoms with E-state index in [9.17, 15) is 23.3 Å². The molecule has 2 aromatic carbocycles. The molecule has 1 saturated heterocycles. The van der Waals surface area contributed by atoms with Gasteiger partial charge in [0.05, 0.1) is 22.1 Å². The Morgan fingerprint density at radius 3 is 2.41 bits per heavy atom. The standard InChI is InChI=1S/C23H31N5O5S/c1-4-9-24-23(29)16-26-10-12-27(13-11-26)21-8-6-19(15-22(21)28(30)31)34(32,33)25-20-7-5-17(2)14-18(20)3/h5-8,14-15,25H,4,9-13,16H2,1-3H3,(H,24,29). The fraction of sp³-hybridized carbons (Fsp3) is 0.435. The van der Waals surface area contributed by atoms with E-state index >= 15 is 0 Å². The highest BCUT2D eigenvalue weighted by molar-refractivity contribution is 7.92. The lowest BCUT2D eigenvalue weighted by atomic mass is 10.1. The molecule has 0 spiro atoms. The van der Waals surface area contributed by atoms with E-state index in [0.717, 1.165) is 23.6 Å². The van der Waals surface area contributed by atoms with Gasteiger partial charge in [0.15, 0.2) is 0 Å². The average molecular weight is 490 g/mol. The molecule has 0 atom stereocenters. The highest BCUT2D eigenvalue weighted by atomic mass is 32.2. The van der Waals surface area contributed by atoms with Gasteiger partial charge in [-0.05, 0) is 44.0 Å². The highest BCUT2D eigenvalue weighted by Crippen LogP contribution is 2.32. The summed E-state index contributed by atoms with van der Waals surface area (Å²) < 4.78 is 28.4. The van der Waals surface area contributed by atoms with Crippen molar-refractivity contribution in [2.75, 3.05) is 48.9 Å². The zero-order valence-corrected chi connectivity index (χ0v) is 20.5. The number of nitro groups is 1. The number of amides is 1. The molecule has 0 aliphatic carbocycles. The molecule has 34 heavy (non-hydrogen) atoms. The molecule has 0 bridgehead atoms. The molecule has 1 aliphatic rings. The van der Waals surface area contributed by atoms with Gasteiger partial charge >= 0.3 is 0 Å². The van der Waals surface area contributed by atoms with Crippen LogP contribution in [0.5, 0.6) is 0 Å². The number of benzene rings is 2. The molecule has 3 rings (SSSR count). The van der Waals surface area contributed by atoms with Crippen LogP contribution in [0.4, 0.5) is 17.1 Å².